The first-order valence-corrected chi connectivity index (χ1v) is 7.44. The highest BCUT2D eigenvalue weighted by atomic mass is 32.2. The number of benzene rings is 2. The van der Waals surface area contributed by atoms with Crippen LogP contribution in [0.15, 0.2) is 35.2 Å². The van der Waals surface area contributed by atoms with E-state index in [0.717, 1.165) is 6.07 Å². The van der Waals surface area contributed by atoms with Crippen molar-refractivity contribution in [2.75, 3.05) is 11.9 Å². The molecule has 2 rings (SSSR count). The highest BCUT2D eigenvalue weighted by Crippen LogP contribution is 2.33. The molecule has 0 radical (unpaired) electrons. The van der Waals surface area contributed by atoms with Gasteiger partial charge in [-0.1, -0.05) is 12.1 Å². The molecule has 2 aromatic rings. The number of carbonyl (C=O) groups excluding carboxylic acids is 1. The van der Waals surface area contributed by atoms with Crippen LogP contribution < -0.4 is 5.32 Å². The normalized spacial score (nSPS) is 11.3. The summed E-state index contributed by atoms with van der Waals surface area (Å²) in [5, 5.41) is 12.4. The number of nitrogens with one attached hydrogen (secondary N) is 1. The molecule has 0 saturated carbocycles. The van der Waals surface area contributed by atoms with Gasteiger partial charge in [0.05, 0.1) is 12.3 Å². The standard InChI is InChI=1S/C13H13NO6S/c1-2-20-13(16)14-10-5-3-4-8-6-9(15)7-11(12(8)10)21(17,18)19/h3-7,15H,2H2,1H3,(H,14,16)(H,17,18,19). The number of fused-ring (bicyclic) bond motifs is 1. The van der Waals surface area contributed by atoms with Crippen molar-refractivity contribution in [2.24, 2.45) is 0 Å². The van der Waals surface area contributed by atoms with E-state index in [2.05, 4.69) is 5.32 Å². The smallest absolute Gasteiger partial charge is 0.411 e. The summed E-state index contributed by atoms with van der Waals surface area (Å²) in [6.45, 7) is 1.78. The summed E-state index contributed by atoms with van der Waals surface area (Å²) in [6, 6.07) is 6.80. The number of carbonyl (C=O) groups is 1. The van der Waals surface area contributed by atoms with Gasteiger partial charge < -0.3 is 9.84 Å². The SMILES string of the molecule is CCOC(=O)Nc1cccc2cc(O)cc(S(=O)(=O)O)c12. The third kappa shape index (κ3) is 3.23. The predicted octanol–water partition coefficient (Wildman–Crippen LogP) is 2.36. The van der Waals surface area contributed by atoms with Crippen molar-refractivity contribution >= 4 is 32.7 Å². The summed E-state index contributed by atoms with van der Waals surface area (Å²) in [5.41, 5.74) is 0.151. The average Bonchev–Trinajstić information content (AvgIpc) is 2.36. The fourth-order valence-electron chi connectivity index (χ4n) is 1.96. The van der Waals surface area contributed by atoms with Gasteiger partial charge in [0.2, 0.25) is 0 Å². The van der Waals surface area contributed by atoms with Gasteiger partial charge in [-0.05, 0) is 24.4 Å². The minimum Gasteiger partial charge on any atom is -0.508 e. The van der Waals surface area contributed by atoms with Crippen LogP contribution >= 0.6 is 0 Å². The second-order valence-electron chi connectivity index (χ2n) is 4.17. The molecule has 0 aromatic heterocycles. The number of hydrogen-bond donors (Lipinski definition) is 3. The van der Waals surface area contributed by atoms with Gasteiger partial charge in [0.15, 0.2) is 0 Å². The van der Waals surface area contributed by atoms with Gasteiger partial charge in [-0.25, -0.2) is 4.79 Å². The zero-order chi connectivity index (χ0) is 15.6. The summed E-state index contributed by atoms with van der Waals surface area (Å²) < 4.78 is 36.9. The van der Waals surface area contributed by atoms with Gasteiger partial charge in [-0.2, -0.15) is 8.42 Å². The predicted molar refractivity (Wildman–Crippen MR) is 76.1 cm³/mol. The highest BCUT2D eigenvalue weighted by molar-refractivity contribution is 7.86. The lowest BCUT2D eigenvalue weighted by Gasteiger charge is -2.11. The average molecular weight is 311 g/mol. The molecule has 0 aliphatic rings. The minimum atomic E-state index is -4.57. The summed E-state index contributed by atoms with van der Waals surface area (Å²) in [4.78, 5) is 11.0. The number of aromatic hydroxyl groups is 1. The van der Waals surface area contributed by atoms with E-state index in [1.165, 1.54) is 12.1 Å². The molecule has 0 unspecified atom stereocenters. The van der Waals surface area contributed by atoms with E-state index >= 15 is 0 Å². The molecule has 2 aromatic carbocycles. The van der Waals surface area contributed by atoms with Gasteiger partial charge in [-0.3, -0.25) is 9.87 Å². The maximum atomic E-state index is 11.5. The van der Waals surface area contributed by atoms with E-state index in [-0.39, 0.29) is 23.4 Å². The maximum Gasteiger partial charge on any atom is 0.411 e. The van der Waals surface area contributed by atoms with E-state index in [4.69, 9.17) is 4.74 Å². The van der Waals surface area contributed by atoms with Crippen LogP contribution in [-0.2, 0) is 14.9 Å². The van der Waals surface area contributed by atoms with Crippen LogP contribution in [0, 0.1) is 0 Å². The molecule has 8 heteroatoms. The van der Waals surface area contributed by atoms with Crippen molar-refractivity contribution in [1.29, 1.82) is 0 Å². The lowest BCUT2D eigenvalue weighted by Crippen LogP contribution is -2.14. The molecule has 7 nitrogen and oxygen atoms in total. The van der Waals surface area contributed by atoms with Crippen molar-refractivity contribution in [3.63, 3.8) is 0 Å². The Morgan fingerprint density at radius 2 is 2.05 bits per heavy atom. The van der Waals surface area contributed by atoms with Crippen LogP contribution in [0.1, 0.15) is 6.92 Å². The van der Waals surface area contributed by atoms with Crippen molar-refractivity contribution in [3.8, 4) is 5.75 Å². The molecule has 0 aliphatic heterocycles. The number of hydrogen-bond acceptors (Lipinski definition) is 5. The molecule has 3 N–H and O–H groups in total. The zero-order valence-electron chi connectivity index (χ0n) is 11.0. The largest absolute Gasteiger partial charge is 0.508 e. The number of rotatable bonds is 3. The molecule has 0 fully saturated rings. The highest BCUT2D eigenvalue weighted by Gasteiger charge is 2.19. The van der Waals surface area contributed by atoms with Gasteiger partial charge >= 0.3 is 6.09 Å². The Morgan fingerprint density at radius 1 is 1.33 bits per heavy atom. The van der Waals surface area contributed by atoms with Crippen LogP contribution in [0.2, 0.25) is 0 Å². The van der Waals surface area contributed by atoms with Crippen molar-refractivity contribution in [3.05, 3.63) is 30.3 Å². The van der Waals surface area contributed by atoms with Crippen LogP contribution in [-0.4, -0.2) is 30.8 Å². The number of phenolic OH excluding ortho intramolecular Hbond substituents is 1. The third-order valence-corrected chi connectivity index (χ3v) is 3.59. The number of amides is 1. The van der Waals surface area contributed by atoms with Crippen molar-refractivity contribution in [1.82, 2.24) is 0 Å². The first-order valence-electron chi connectivity index (χ1n) is 6.00. The van der Waals surface area contributed by atoms with Crippen LogP contribution in [0.5, 0.6) is 5.75 Å². The Morgan fingerprint density at radius 3 is 2.67 bits per heavy atom. The third-order valence-electron chi connectivity index (χ3n) is 2.72. The molecule has 0 atom stereocenters. The van der Waals surface area contributed by atoms with Gasteiger partial charge in [0.1, 0.15) is 10.6 Å². The fraction of sp³-hybridized carbons (Fsp3) is 0.154. The van der Waals surface area contributed by atoms with Crippen LogP contribution in [0.4, 0.5) is 10.5 Å². The first kappa shape index (κ1) is 15.1. The Kier molecular flexibility index (Phi) is 4.01. The fourth-order valence-corrected chi connectivity index (χ4v) is 2.71. The Hall–Kier alpha value is -2.32. The number of anilines is 1. The Bertz CT molecular complexity index is 800. The lowest BCUT2D eigenvalue weighted by atomic mass is 10.1. The van der Waals surface area contributed by atoms with Crippen LogP contribution in [0.3, 0.4) is 0 Å². The number of ether oxygens (including phenoxy) is 1. The summed E-state index contributed by atoms with van der Waals surface area (Å²) in [6.07, 6.45) is -0.751. The summed E-state index contributed by atoms with van der Waals surface area (Å²) in [7, 11) is -4.57. The van der Waals surface area contributed by atoms with Crippen molar-refractivity contribution < 1.29 is 27.6 Å². The second kappa shape index (κ2) is 5.58. The molecule has 1 amide bonds. The summed E-state index contributed by atoms with van der Waals surface area (Å²) >= 11 is 0. The molecular formula is C13H13NO6S. The zero-order valence-corrected chi connectivity index (χ0v) is 11.8. The Labute approximate surface area is 120 Å². The van der Waals surface area contributed by atoms with Crippen LogP contribution in [0.25, 0.3) is 10.8 Å². The molecule has 0 aliphatic carbocycles. The Balaban J connectivity index is 2.70. The molecule has 0 spiro atoms. The quantitative estimate of drug-likeness (QED) is 0.750. The second-order valence-corrected chi connectivity index (χ2v) is 5.56. The maximum absolute atomic E-state index is 11.5. The lowest BCUT2D eigenvalue weighted by molar-refractivity contribution is 0.168. The van der Waals surface area contributed by atoms with Gasteiger partial charge in [-0.15, -0.1) is 0 Å². The minimum absolute atomic E-state index is 0.0888. The molecule has 21 heavy (non-hydrogen) atoms. The van der Waals surface area contributed by atoms with Gasteiger partial charge in [0, 0.05) is 11.5 Å². The molecule has 0 bridgehead atoms. The van der Waals surface area contributed by atoms with E-state index in [1.54, 1.807) is 19.1 Å². The van der Waals surface area contributed by atoms with E-state index in [0.29, 0.717) is 5.39 Å². The van der Waals surface area contributed by atoms with E-state index in [9.17, 15) is 22.9 Å². The molecule has 0 saturated heterocycles. The van der Waals surface area contributed by atoms with E-state index < -0.39 is 21.1 Å². The number of phenols is 1. The summed E-state index contributed by atoms with van der Waals surface area (Å²) in [5.74, 6) is -0.316. The molecular weight excluding hydrogens is 298 g/mol. The molecule has 0 heterocycles. The topological polar surface area (TPSA) is 113 Å². The monoisotopic (exact) mass is 311 g/mol. The molecule has 112 valence electrons. The van der Waals surface area contributed by atoms with Crippen molar-refractivity contribution in [2.45, 2.75) is 11.8 Å². The van der Waals surface area contributed by atoms with E-state index in [1.807, 2.05) is 0 Å². The first-order chi connectivity index (χ1) is 9.82. The van der Waals surface area contributed by atoms with Gasteiger partial charge in [0.25, 0.3) is 10.1 Å².